The topological polar surface area (TPSA) is 53.4 Å². The van der Waals surface area contributed by atoms with Gasteiger partial charge in [0.05, 0.1) is 5.01 Å². The lowest BCUT2D eigenvalue weighted by atomic mass is 10.4. The number of aliphatic carboxylic acids is 1. The molecule has 1 aromatic heterocycles. The molecule has 0 unspecified atom stereocenters. The van der Waals surface area contributed by atoms with Gasteiger partial charge in [-0.3, -0.25) is 0 Å². The fraction of sp³-hybridized carbons (Fsp3) is 0.500. The molecule has 0 bridgehead atoms. The maximum Gasteiger partial charge on any atom is 0.328 e. The number of hydrogen-bond donors (Lipinski definition) is 1. The zero-order valence-electron chi connectivity index (χ0n) is 9.63. The van der Waals surface area contributed by atoms with Crippen LogP contribution in [0, 0.1) is 0 Å². The Morgan fingerprint density at radius 2 is 2.29 bits per heavy atom. The number of carboxylic acid groups (broad SMARTS) is 1. The molecule has 0 saturated carbocycles. The third-order valence-corrected chi connectivity index (χ3v) is 3.82. The second-order valence-corrected chi connectivity index (χ2v) is 5.27. The molecule has 1 aromatic rings. The number of aromatic nitrogens is 1. The van der Waals surface area contributed by atoms with Gasteiger partial charge in [0, 0.05) is 30.1 Å². The zero-order valence-corrected chi connectivity index (χ0v) is 10.4. The second-order valence-electron chi connectivity index (χ2n) is 4.13. The lowest BCUT2D eigenvalue weighted by molar-refractivity contribution is -0.131. The molecule has 2 rings (SSSR count). The number of thiazole rings is 1. The van der Waals surface area contributed by atoms with Crippen LogP contribution < -0.4 is 0 Å². The van der Waals surface area contributed by atoms with E-state index in [2.05, 4.69) is 9.88 Å². The molecule has 0 spiro atoms. The molecule has 0 amide bonds. The molecule has 0 aromatic carbocycles. The smallest absolute Gasteiger partial charge is 0.328 e. The number of carboxylic acids is 1. The van der Waals surface area contributed by atoms with Crippen LogP contribution in [0.5, 0.6) is 0 Å². The first kappa shape index (κ1) is 12.3. The maximum atomic E-state index is 10.4. The van der Waals surface area contributed by atoms with Gasteiger partial charge in [-0.2, -0.15) is 0 Å². The van der Waals surface area contributed by atoms with Crippen molar-refractivity contribution in [1.82, 2.24) is 9.88 Å². The highest BCUT2D eigenvalue weighted by Crippen LogP contribution is 2.16. The van der Waals surface area contributed by atoms with Crippen LogP contribution in [0.2, 0.25) is 0 Å². The number of nitrogens with zero attached hydrogens (tertiary/aromatic N) is 2. The molecule has 1 aliphatic heterocycles. The van der Waals surface area contributed by atoms with Gasteiger partial charge in [-0.25, -0.2) is 9.78 Å². The summed E-state index contributed by atoms with van der Waals surface area (Å²) in [6.45, 7) is 3.48. The van der Waals surface area contributed by atoms with Gasteiger partial charge in [0.25, 0.3) is 0 Å². The molecule has 92 valence electrons. The Hall–Kier alpha value is -1.20. The van der Waals surface area contributed by atoms with Crippen molar-refractivity contribution in [2.24, 2.45) is 0 Å². The van der Waals surface area contributed by atoms with Crippen molar-refractivity contribution in [2.45, 2.75) is 19.3 Å². The fourth-order valence-corrected chi connectivity index (χ4v) is 2.74. The predicted molar refractivity (Wildman–Crippen MR) is 68.2 cm³/mol. The summed E-state index contributed by atoms with van der Waals surface area (Å²) in [5.41, 5.74) is 0. The highest BCUT2D eigenvalue weighted by Gasteiger charge is 2.11. The first-order valence-electron chi connectivity index (χ1n) is 5.82. The van der Waals surface area contributed by atoms with Gasteiger partial charge < -0.3 is 10.0 Å². The number of rotatable bonds is 5. The molecule has 1 N–H and O–H groups in total. The second kappa shape index (κ2) is 5.93. The van der Waals surface area contributed by atoms with Crippen LogP contribution in [0.25, 0.3) is 6.08 Å². The van der Waals surface area contributed by atoms with E-state index in [-0.39, 0.29) is 0 Å². The summed E-state index contributed by atoms with van der Waals surface area (Å²) in [4.78, 5) is 18.0. The van der Waals surface area contributed by atoms with Crippen molar-refractivity contribution in [3.05, 3.63) is 22.2 Å². The molecule has 17 heavy (non-hydrogen) atoms. The van der Waals surface area contributed by atoms with Crippen LogP contribution in [0.15, 0.2) is 12.3 Å². The number of hydrogen-bond acceptors (Lipinski definition) is 4. The Morgan fingerprint density at radius 1 is 1.53 bits per heavy atom. The van der Waals surface area contributed by atoms with E-state index in [4.69, 9.17) is 5.11 Å². The molecular formula is C12H16N2O2S. The van der Waals surface area contributed by atoms with E-state index >= 15 is 0 Å². The van der Waals surface area contributed by atoms with Crippen molar-refractivity contribution in [1.29, 1.82) is 0 Å². The fourth-order valence-electron chi connectivity index (χ4n) is 1.93. The lowest BCUT2D eigenvalue weighted by Crippen LogP contribution is -2.21. The summed E-state index contributed by atoms with van der Waals surface area (Å²) in [6.07, 6.45) is 8.07. The largest absolute Gasteiger partial charge is 0.478 e. The maximum absolute atomic E-state index is 10.4. The highest BCUT2D eigenvalue weighted by atomic mass is 32.1. The molecule has 0 aliphatic carbocycles. The molecule has 0 radical (unpaired) electrons. The lowest BCUT2D eigenvalue weighted by Gasteiger charge is -2.12. The normalized spacial score (nSPS) is 16.9. The zero-order chi connectivity index (χ0) is 12.1. The summed E-state index contributed by atoms with van der Waals surface area (Å²) in [6, 6.07) is 0. The van der Waals surface area contributed by atoms with E-state index in [9.17, 15) is 4.79 Å². The van der Waals surface area contributed by atoms with Crippen molar-refractivity contribution in [2.75, 3.05) is 19.6 Å². The molecule has 1 fully saturated rings. The van der Waals surface area contributed by atoms with E-state index in [1.165, 1.54) is 25.9 Å². The molecule has 5 heteroatoms. The quantitative estimate of drug-likeness (QED) is 0.813. The standard InChI is InChI=1S/C12H16N2O2S/c15-12(16)4-3-10-9-13-11(17-10)5-8-14-6-1-2-7-14/h3-4,9H,1-2,5-8H2,(H,15,16)/b4-3+. The van der Waals surface area contributed by atoms with Crippen LogP contribution in [0.4, 0.5) is 0 Å². The van der Waals surface area contributed by atoms with Crippen LogP contribution in [-0.4, -0.2) is 40.6 Å². The van der Waals surface area contributed by atoms with Crippen LogP contribution >= 0.6 is 11.3 Å². The van der Waals surface area contributed by atoms with Crippen LogP contribution in [0.3, 0.4) is 0 Å². The van der Waals surface area contributed by atoms with Gasteiger partial charge in [-0.05, 0) is 32.0 Å². The van der Waals surface area contributed by atoms with Crippen LogP contribution in [-0.2, 0) is 11.2 Å². The minimum atomic E-state index is -0.919. The number of carbonyl (C=O) groups is 1. The molecule has 4 nitrogen and oxygen atoms in total. The monoisotopic (exact) mass is 252 g/mol. The molecule has 0 atom stereocenters. The predicted octanol–water partition coefficient (Wildman–Crippen LogP) is 1.88. The summed E-state index contributed by atoms with van der Waals surface area (Å²) in [5, 5.41) is 9.60. The molecular weight excluding hydrogens is 236 g/mol. The third-order valence-electron chi connectivity index (χ3n) is 2.80. The van der Waals surface area contributed by atoms with Gasteiger partial charge in [0.1, 0.15) is 0 Å². The summed E-state index contributed by atoms with van der Waals surface area (Å²) in [5.74, 6) is -0.919. The Balaban J connectivity index is 1.83. The highest BCUT2D eigenvalue weighted by molar-refractivity contribution is 7.12. The van der Waals surface area contributed by atoms with Gasteiger partial charge >= 0.3 is 5.97 Å². The average Bonchev–Trinajstić information content (AvgIpc) is 2.95. The first-order valence-corrected chi connectivity index (χ1v) is 6.64. The average molecular weight is 252 g/mol. The Labute approximate surface area is 105 Å². The molecule has 2 heterocycles. The van der Waals surface area contributed by atoms with Gasteiger partial charge in [0.15, 0.2) is 0 Å². The SMILES string of the molecule is O=C(O)/C=C/c1cnc(CCN2CCCC2)s1. The van der Waals surface area contributed by atoms with Gasteiger partial charge in [-0.15, -0.1) is 11.3 Å². The van der Waals surface area contributed by atoms with Crippen LogP contribution in [0.1, 0.15) is 22.7 Å². The van der Waals surface area contributed by atoms with E-state index in [1.807, 2.05) is 0 Å². The van der Waals surface area contributed by atoms with Gasteiger partial charge in [-0.1, -0.05) is 0 Å². The Bertz CT molecular complexity index is 408. The van der Waals surface area contributed by atoms with Crippen molar-refractivity contribution >= 4 is 23.4 Å². The minimum Gasteiger partial charge on any atom is -0.478 e. The summed E-state index contributed by atoms with van der Waals surface area (Å²) in [7, 11) is 0. The Morgan fingerprint density at radius 3 is 3.00 bits per heavy atom. The van der Waals surface area contributed by atoms with E-state index in [1.54, 1.807) is 23.6 Å². The third kappa shape index (κ3) is 3.94. The van der Waals surface area contributed by atoms with Crippen molar-refractivity contribution in [3.63, 3.8) is 0 Å². The Kier molecular flexibility index (Phi) is 4.28. The van der Waals surface area contributed by atoms with E-state index in [0.29, 0.717) is 0 Å². The first-order chi connectivity index (χ1) is 8.24. The van der Waals surface area contributed by atoms with Gasteiger partial charge in [0.2, 0.25) is 0 Å². The van der Waals surface area contributed by atoms with Crippen molar-refractivity contribution < 1.29 is 9.90 Å². The minimum absolute atomic E-state index is 0.906. The summed E-state index contributed by atoms with van der Waals surface area (Å²) >= 11 is 1.57. The van der Waals surface area contributed by atoms with E-state index < -0.39 is 5.97 Å². The van der Waals surface area contributed by atoms with Crippen molar-refractivity contribution in [3.8, 4) is 0 Å². The molecule has 1 saturated heterocycles. The summed E-state index contributed by atoms with van der Waals surface area (Å²) < 4.78 is 0. The van der Waals surface area contributed by atoms with E-state index in [0.717, 1.165) is 28.9 Å². The molecule has 1 aliphatic rings. The number of likely N-dealkylation sites (tertiary alicyclic amines) is 1.